The van der Waals surface area contributed by atoms with Gasteiger partial charge in [0.25, 0.3) is 0 Å². The summed E-state index contributed by atoms with van der Waals surface area (Å²) in [6.07, 6.45) is 3.49. The van der Waals surface area contributed by atoms with Crippen LogP contribution < -0.4 is 5.32 Å². The molecule has 0 aromatic heterocycles. The minimum atomic E-state index is -0.681. The Balaban J connectivity index is 0.00000312. The zero-order valence-electron chi connectivity index (χ0n) is 15.3. The Hall–Kier alpha value is -0.485. The first-order valence-electron chi connectivity index (χ1n) is 8.76. The van der Waals surface area contributed by atoms with Crippen LogP contribution in [0.5, 0.6) is 0 Å². The molecule has 2 aromatic rings. The van der Waals surface area contributed by atoms with Crippen molar-refractivity contribution in [1.82, 2.24) is 0 Å². The Morgan fingerprint density at radius 1 is 1.04 bits per heavy atom. The molecule has 129 valence electrons. The minimum absolute atomic E-state index is 0. The Kier molecular flexibility index (Phi) is 11.6. The molecule has 0 spiro atoms. The molecule has 2 atom stereocenters. The number of carbonyl (C=O) groups is 1. The molecule has 0 saturated heterocycles. The second-order valence-electron chi connectivity index (χ2n) is 6.28. The molecule has 0 aliphatic heterocycles. The van der Waals surface area contributed by atoms with Crippen molar-refractivity contribution < 1.29 is 9.90 Å². The van der Waals surface area contributed by atoms with Gasteiger partial charge in [-0.25, -0.2) is 0 Å². The van der Waals surface area contributed by atoms with Crippen LogP contribution in [0, 0.1) is 11.8 Å². The molecule has 2 rings (SSSR count). The van der Waals surface area contributed by atoms with E-state index in [-0.39, 0.29) is 70.0 Å². The van der Waals surface area contributed by atoms with Crippen LogP contribution >= 0.6 is 0 Å². The van der Waals surface area contributed by atoms with Gasteiger partial charge in [0, 0.05) is 70.4 Å². The van der Waals surface area contributed by atoms with Gasteiger partial charge in [0.15, 0.2) is 0 Å². The number of anilines is 1. The summed E-state index contributed by atoms with van der Waals surface area (Å²) in [6, 6.07) is 20.2. The van der Waals surface area contributed by atoms with Gasteiger partial charge < -0.3 is 10.4 Å². The molecule has 3 nitrogen and oxygen atoms in total. The van der Waals surface area contributed by atoms with Crippen molar-refractivity contribution >= 4 is 69.8 Å². The van der Waals surface area contributed by atoms with E-state index in [2.05, 4.69) is 24.4 Å². The quantitative estimate of drug-likeness (QED) is 0.607. The van der Waals surface area contributed by atoms with E-state index in [9.17, 15) is 9.90 Å². The summed E-state index contributed by atoms with van der Waals surface area (Å²) in [7, 11) is 0. The van der Waals surface area contributed by atoms with Gasteiger partial charge >= 0.3 is 5.97 Å². The van der Waals surface area contributed by atoms with Crippen LogP contribution in [0.2, 0.25) is 0 Å². The Labute approximate surface area is 200 Å². The Morgan fingerprint density at radius 2 is 1.64 bits per heavy atom. The van der Waals surface area contributed by atoms with E-state index < -0.39 is 5.97 Å². The zero-order valence-corrected chi connectivity index (χ0v) is 20.2. The number of carboxylic acid groups (broad SMARTS) is 1. The largest absolute Gasteiger partial charge is 0.481 e. The van der Waals surface area contributed by atoms with Crippen LogP contribution in [0.1, 0.15) is 31.7 Å². The van der Waals surface area contributed by atoms with E-state index in [1.165, 1.54) is 5.56 Å². The maximum atomic E-state index is 11.8. The van der Waals surface area contributed by atoms with Gasteiger partial charge in [0.05, 0.1) is 5.92 Å². The summed E-state index contributed by atoms with van der Waals surface area (Å²) in [5.41, 5.74) is 2.23. The summed E-state index contributed by atoms with van der Waals surface area (Å²) in [4.78, 5) is 11.8. The molecule has 2 unspecified atom stereocenters. The molecule has 0 fully saturated rings. The van der Waals surface area contributed by atoms with Crippen molar-refractivity contribution in [2.75, 3.05) is 11.9 Å². The third-order valence-electron chi connectivity index (χ3n) is 4.44. The summed E-state index contributed by atoms with van der Waals surface area (Å²) in [6.45, 7) is 2.77. The SMILES string of the molecule is CCCCC(C(=O)O)C(CNc1ccccc1)Cc1ccccc1.[Rb]. The predicted molar refractivity (Wildman–Crippen MR) is 105 cm³/mol. The van der Waals surface area contributed by atoms with Gasteiger partial charge in [-0.3, -0.25) is 4.79 Å². The molecule has 0 heterocycles. The van der Waals surface area contributed by atoms with Crippen LogP contribution in [0.25, 0.3) is 0 Å². The van der Waals surface area contributed by atoms with Crippen molar-refractivity contribution in [3.05, 3.63) is 66.2 Å². The van der Waals surface area contributed by atoms with E-state index in [4.69, 9.17) is 0 Å². The van der Waals surface area contributed by atoms with Gasteiger partial charge in [-0.1, -0.05) is 68.3 Å². The molecule has 0 amide bonds. The van der Waals surface area contributed by atoms with E-state index in [0.29, 0.717) is 6.54 Å². The maximum Gasteiger partial charge on any atom is 0.306 e. The summed E-state index contributed by atoms with van der Waals surface area (Å²) >= 11 is 0. The van der Waals surface area contributed by atoms with E-state index in [0.717, 1.165) is 31.4 Å². The third-order valence-corrected chi connectivity index (χ3v) is 4.44. The van der Waals surface area contributed by atoms with E-state index >= 15 is 0 Å². The van der Waals surface area contributed by atoms with Gasteiger partial charge in [0.2, 0.25) is 0 Å². The molecule has 2 aromatic carbocycles. The first-order valence-corrected chi connectivity index (χ1v) is 8.76. The fraction of sp³-hybridized carbons (Fsp3) is 0.381. The summed E-state index contributed by atoms with van der Waals surface area (Å²) in [5, 5.41) is 13.1. The molecule has 25 heavy (non-hydrogen) atoms. The van der Waals surface area contributed by atoms with Gasteiger partial charge in [-0.2, -0.15) is 0 Å². The number of benzene rings is 2. The van der Waals surface area contributed by atoms with Crippen LogP contribution in [0.15, 0.2) is 60.7 Å². The monoisotopic (exact) mass is 410 g/mol. The van der Waals surface area contributed by atoms with Gasteiger partial charge in [-0.15, -0.1) is 0 Å². The molecule has 0 bridgehead atoms. The fourth-order valence-electron chi connectivity index (χ4n) is 3.06. The topological polar surface area (TPSA) is 49.3 Å². The van der Waals surface area contributed by atoms with Crippen LogP contribution in [-0.2, 0) is 11.2 Å². The molecular formula is C21H27NO2Rb. The number of unbranched alkanes of at least 4 members (excludes halogenated alkanes) is 1. The number of hydrogen-bond acceptors (Lipinski definition) is 2. The number of aliphatic carboxylic acids is 1. The van der Waals surface area contributed by atoms with Crippen LogP contribution in [0.3, 0.4) is 0 Å². The standard InChI is InChI=1S/C21H27NO2.Rb/c1-2-3-14-20(21(23)24)18(15-17-10-6-4-7-11-17)16-22-19-12-8-5-9-13-19;/h4-13,18,20,22H,2-3,14-16H2,1H3,(H,23,24);. The average Bonchev–Trinajstić information content (AvgIpc) is 2.61. The molecule has 4 heteroatoms. The molecular weight excluding hydrogens is 384 g/mol. The number of rotatable bonds is 10. The number of hydrogen-bond donors (Lipinski definition) is 2. The van der Waals surface area contributed by atoms with Crippen molar-refractivity contribution in [2.45, 2.75) is 32.6 Å². The summed E-state index contributed by atoms with van der Waals surface area (Å²) in [5.74, 6) is -0.933. The third kappa shape index (κ3) is 8.16. The predicted octanol–water partition coefficient (Wildman–Crippen LogP) is 4.47. The first kappa shape index (κ1) is 22.6. The van der Waals surface area contributed by atoms with Crippen LogP contribution in [0.4, 0.5) is 5.69 Å². The Morgan fingerprint density at radius 3 is 2.20 bits per heavy atom. The first-order chi connectivity index (χ1) is 11.7. The normalized spacial score (nSPS) is 12.7. The van der Waals surface area contributed by atoms with Crippen molar-refractivity contribution in [3.8, 4) is 0 Å². The molecule has 0 aliphatic carbocycles. The van der Waals surface area contributed by atoms with Crippen molar-refractivity contribution in [1.29, 1.82) is 0 Å². The number of nitrogens with one attached hydrogen (secondary N) is 1. The van der Waals surface area contributed by atoms with Crippen molar-refractivity contribution in [2.24, 2.45) is 11.8 Å². The number of carboxylic acids is 1. The number of para-hydroxylation sites is 1. The van der Waals surface area contributed by atoms with Gasteiger partial charge in [-0.05, 0) is 36.5 Å². The minimum Gasteiger partial charge on any atom is -0.481 e. The average molecular weight is 411 g/mol. The van der Waals surface area contributed by atoms with E-state index in [1.54, 1.807) is 0 Å². The molecule has 2 N–H and O–H groups in total. The molecule has 0 saturated carbocycles. The van der Waals surface area contributed by atoms with Crippen LogP contribution in [-0.4, -0.2) is 75.8 Å². The second-order valence-corrected chi connectivity index (χ2v) is 6.28. The summed E-state index contributed by atoms with van der Waals surface area (Å²) < 4.78 is 0. The molecule has 1 radical (unpaired) electrons. The van der Waals surface area contributed by atoms with Crippen molar-refractivity contribution in [3.63, 3.8) is 0 Å². The zero-order chi connectivity index (χ0) is 17.2. The van der Waals surface area contributed by atoms with Gasteiger partial charge in [0.1, 0.15) is 0 Å². The second kappa shape index (κ2) is 12.8. The smallest absolute Gasteiger partial charge is 0.306 e. The fourth-order valence-corrected chi connectivity index (χ4v) is 3.06. The maximum absolute atomic E-state index is 11.8. The Bertz CT molecular complexity index is 604. The van der Waals surface area contributed by atoms with E-state index in [1.807, 2.05) is 48.5 Å². The molecule has 0 aliphatic rings.